The van der Waals surface area contributed by atoms with E-state index in [0.717, 1.165) is 6.42 Å². The predicted molar refractivity (Wildman–Crippen MR) is 61.4 cm³/mol. The van der Waals surface area contributed by atoms with Gasteiger partial charge in [0.25, 0.3) is 5.91 Å². The zero-order valence-electron chi connectivity index (χ0n) is 9.15. The van der Waals surface area contributed by atoms with Gasteiger partial charge >= 0.3 is 0 Å². The summed E-state index contributed by atoms with van der Waals surface area (Å²) < 4.78 is 4.92. The fourth-order valence-electron chi connectivity index (χ4n) is 1.96. The monoisotopic (exact) mass is 242 g/mol. The maximum atomic E-state index is 12.1. The molecule has 0 spiro atoms. The van der Waals surface area contributed by atoms with Crippen LogP contribution >= 0.6 is 11.6 Å². The van der Waals surface area contributed by atoms with E-state index in [2.05, 4.69) is 6.92 Å². The van der Waals surface area contributed by atoms with E-state index in [1.165, 1.54) is 6.26 Å². The lowest BCUT2D eigenvalue weighted by molar-refractivity contribution is 0.0663. The first-order valence-electron chi connectivity index (χ1n) is 5.37. The van der Waals surface area contributed by atoms with Crippen molar-refractivity contribution in [2.45, 2.75) is 19.4 Å². The zero-order valence-corrected chi connectivity index (χ0v) is 9.91. The molecule has 2 atom stereocenters. The highest BCUT2D eigenvalue weighted by molar-refractivity contribution is 6.32. The first kappa shape index (κ1) is 11.5. The average molecular weight is 243 g/mol. The Morgan fingerprint density at radius 1 is 1.69 bits per heavy atom. The molecule has 5 heteroatoms. The molecule has 0 aromatic carbocycles. The molecule has 0 bridgehead atoms. The van der Waals surface area contributed by atoms with Gasteiger partial charge in [-0.15, -0.1) is 0 Å². The summed E-state index contributed by atoms with van der Waals surface area (Å²) in [6.07, 6.45) is 2.26. The van der Waals surface area contributed by atoms with Crippen molar-refractivity contribution in [2.24, 2.45) is 11.7 Å². The van der Waals surface area contributed by atoms with E-state index in [4.69, 9.17) is 21.8 Å². The van der Waals surface area contributed by atoms with E-state index in [9.17, 15) is 4.79 Å². The minimum absolute atomic E-state index is 0.0718. The third-order valence-corrected chi connectivity index (χ3v) is 3.40. The summed E-state index contributed by atoms with van der Waals surface area (Å²) in [5, 5.41) is 0.160. The van der Waals surface area contributed by atoms with E-state index in [1.807, 2.05) is 0 Å². The van der Waals surface area contributed by atoms with Crippen molar-refractivity contribution in [1.29, 1.82) is 0 Å². The molecule has 0 saturated carbocycles. The van der Waals surface area contributed by atoms with Crippen molar-refractivity contribution in [2.75, 3.05) is 13.1 Å². The molecular formula is C11H15ClN2O2. The van der Waals surface area contributed by atoms with Crippen LogP contribution < -0.4 is 5.73 Å². The van der Waals surface area contributed by atoms with E-state index in [0.29, 0.717) is 24.6 Å². The Labute approximate surface area is 99.3 Å². The highest BCUT2D eigenvalue weighted by Crippen LogP contribution is 2.22. The van der Waals surface area contributed by atoms with Gasteiger partial charge in [0, 0.05) is 19.1 Å². The SMILES string of the molecule is CC1CN(C(=O)c2ccoc2Cl)CCC1N. The van der Waals surface area contributed by atoms with Crippen molar-refractivity contribution in [3.8, 4) is 0 Å². The van der Waals surface area contributed by atoms with Crippen LogP contribution in [0.5, 0.6) is 0 Å². The summed E-state index contributed by atoms with van der Waals surface area (Å²) in [4.78, 5) is 13.9. The van der Waals surface area contributed by atoms with Crippen molar-refractivity contribution in [1.82, 2.24) is 4.90 Å². The summed E-state index contributed by atoms with van der Waals surface area (Å²) in [5.74, 6) is 0.251. The van der Waals surface area contributed by atoms with Crippen LogP contribution in [0.25, 0.3) is 0 Å². The molecule has 0 radical (unpaired) electrons. The molecule has 1 aromatic rings. The fraction of sp³-hybridized carbons (Fsp3) is 0.545. The van der Waals surface area contributed by atoms with Gasteiger partial charge < -0.3 is 15.1 Å². The highest BCUT2D eigenvalue weighted by atomic mass is 35.5. The van der Waals surface area contributed by atoms with Crippen LogP contribution in [0.15, 0.2) is 16.7 Å². The molecule has 88 valence electrons. The van der Waals surface area contributed by atoms with Gasteiger partial charge in [-0.3, -0.25) is 4.79 Å². The van der Waals surface area contributed by atoms with Gasteiger partial charge in [0.1, 0.15) is 0 Å². The molecule has 0 aliphatic carbocycles. The third kappa shape index (κ3) is 2.08. The van der Waals surface area contributed by atoms with Crippen molar-refractivity contribution >= 4 is 17.5 Å². The van der Waals surface area contributed by atoms with Gasteiger partial charge in [-0.2, -0.15) is 0 Å². The quantitative estimate of drug-likeness (QED) is 0.816. The number of likely N-dealkylation sites (tertiary alicyclic amines) is 1. The molecule has 1 fully saturated rings. The second-order valence-corrected chi connectivity index (χ2v) is 4.63. The lowest BCUT2D eigenvalue weighted by Crippen LogP contribution is -2.48. The Kier molecular flexibility index (Phi) is 3.21. The second kappa shape index (κ2) is 4.47. The minimum Gasteiger partial charge on any atom is -0.452 e. The number of hydrogen-bond donors (Lipinski definition) is 1. The van der Waals surface area contributed by atoms with Crippen molar-refractivity contribution in [3.05, 3.63) is 23.1 Å². The van der Waals surface area contributed by atoms with Crippen LogP contribution in [0.1, 0.15) is 23.7 Å². The number of nitrogens with zero attached hydrogens (tertiary/aromatic N) is 1. The van der Waals surface area contributed by atoms with E-state index >= 15 is 0 Å². The van der Waals surface area contributed by atoms with Crippen LogP contribution in [0.4, 0.5) is 0 Å². The molecule has 1 aliphatic rings. The molecule has 2 unspecified atom stereocenters. The number of piperidine rings is 1. The molecule has 1 saturated heterocycles. The first-order valence-corrected chi connectivity index (χ1v) is 5.75. The maximum Gasteiger partial charge on any atom is 0.258 e. The van der Waals surface area contributed by atoms with E-state index < -0.39 is 0 Å². The van der Waals surface area contributed by atoms with Gasteiger partial charge in [-0.1, -0.05) is 6.92 Å². The fourth-order valence-corrected chi connectivity index (χ4v) is 2.16. The summed E-state index contributed by atoms with van der Waals surface area (Å²) >= 11 is 5.78. The Morgan fingerprint density at radius 3 is 3.00 bits per heavy atom. The highest BCUT2D eigenvalue weighted by Gasteiger charge is 2.28. The van der Waals surface area contributed by atoms with Crippen LogP contribution in [-0.2, 0) is 0 Å². The van der Waals surface area contributed by atoms with Gasteiger partial charge in [-0.05, 0) is 30.0 Å². The molecular weight excluding hydrogens is 228 g/mol. The number of furan rings is 1. The number of hydrogen-bond acceptors (Lipinski definition) is 3. The van der Waals surface area contributed by atoms with Crippen LogP contribution in [0.3, 0.4) is 0 Å². The first-order chi connectivity index (χ1) is 7.59. The zero-order chi connectivity index (χ0) is 11.7. The smallest absolute Gasteiger partial charge is 0.258 e. The van der Waals surface area contributed by atoms with Crippen LogP contribution in [0, 0.1) is 5.92 Å². The number of amides is 1. The molecule has 2 heterocycles. The standard InChI is InChI=1S/C11H15ClN2O2/c1-7-6-14(4-2-9(7)13)11(15)8-3-5-16-10(8)12/h3,5,7,9H,2,4,6,13H2,1H3. The number of halogens is 1. The van der Waals surface area contributed by atoms with Crippen LogP contribution in [-0.4, -0.2) is 29.9 Å². The van der Waals surface area contributed by atoms with Crippen molar-refractivity contribution < 1.29 is 9.21 Å². The summed E-state index contributed by atoms with van der Waals surface area (Å²) in [6.45, 7) is 3.43. The molecule has 1 aromatic heterocycles. The molecule has 4 nitrogen and oxygen atoms in total. The number of carbonyl (C=O) groups excluding carboxylic acids is 1. The lowest BCUT2D eigenvalue weighted by Gasteiger charge is -2.34. The third-order valence-electron chi connectivity index (χ3n) is 3.11. The normalized spacial score (nSPS) is 25.8. The van der Waals surface area contributed by atoms with Gasteiger partial charge in [0.05, 0.1) is 11.8 Å². The lowest BCUT2D eigenvalue weighted by atomic mass is 9.94. The topological polar surface area (TPSA) is 59.5 Å². The largest absolute Gasteiger partial charge is 0.452 e. The van der Waals surface area contributed by atoms with E-state index in [1.54, 1.807) is 11.0 Å². The molecule has 2 rings (SSSR count). The van der Waals surface area contributed by atoms with Crippen molar-refractivity contribution in [3.63, 3.8) is 0 Å². The average Bonchev–Trinajstić information content (AvgIpc) is 2.67. The Balaban J connectivity index is 2.09. The molecule has 1 aliphatic heterocycles. The molecule has 1 amide bonds. The Hall–Kier alpha value is -1.00. The van der Waals surface area contributed by atoms with Crippen LogP contribution in [0.2, 0.25) is 5.22 Å². The Morgan fingerprint density at radius 2 is 2.44 bits per heavy atom. The Bertz CT molecular complexity index is 391. The molecule has 16 heavy (non-hydrogen) atoms. The summed E-state index contributed by atoms with van der Waals surface area (Å²) in [5.41, 5.74) is 6.34. The van der Waals surface area contributed by atoms with Gasteiger partial charge in [-0.25, -0.2) is 0 Å². The summed E-state index contributed by atoms with van der Waals surface area (Å²) in [6, 6.07) is 1.79. The van der Waals surface area contributed by atoms with E-state index in [-0.39, 0.29) is 17.2 Å². The minimum atomic E-state index is -0.0718. The molecule has 2 N–H and O–H groups in total. The predicted octanol–water partition coefficient (Wildman–Crippen LogP) is 1.74. The number of carbonyl (C=O) groups is 1. The summed E-state index contributed by atoms with van der Waals surface area (Å²) in [7, 11) is 0. The van der Waals surface area contributed by atoms with Gasteiger partial charge in [0.2, 0.25) is 5.22 Å². The maximum absolute atomic E-state index is 12.1. The number of nitrogens with two attached hydrogens (primary N) is 1. The second-order valence-electron chi connectivity index (χ2n) is 4.29. The van der Waals surface area contributed by atoms with Gasteiger partial charge in [0.15, 0.2) is 0 Å². The number of rotatable bonds is 1.